The highest BCUT2D eigenvalue weighted by Crippen LogP contribution is 2.36. The highest BCUT2D eigenvalue weighted by atomic mass is 16.4. The first-order chi connectivity index (χ1) is 10.4. The number of carboxylic acid groups (broad SMARTS) is 1. The monoisotopic (exact) mass is 294 g/mol. The number of fused-ring (bicyclic) bond motifs is 1. The average Bonchev–Trinajstić information content (AvgIpc) is 2.47. The van der Waals surface area contributed by atoms with E-state index >= 15 is 0 Å². The van der Waals surface area contributed by atoms with Crippen molar-refractivity contribution >= 4 is 28.6 Å². The minimum absolute atomic E-state index is 0.329. The summed E-state index contributed by atoms with van der Waals surface area (Å²) in [5.41, 5.74) is 3.31. The van der Waals surface area contributed by atoms with Crippen LogP contribution in [0.3, 0.4) is 0 Å². The molecule has 1 aliphatic heterocycles. The molecule has 4 nitrogen and oxygen atoms in total. The summed E-state index contributed by atoms with van der Waals surface area (Å²) in [5, 5.41) is 16.1. The number of para-hydroxylation sites is 1. The largest absolute Gasteiger partial charge is 0.478 e. The van der Waals surface area contributed by atoms with Crippen LogP contribution in [0, 0.1) is 0 Å². The first-order valence-corrected chi connectivity index (χ1v) is 7.15. The summed E-state index contributed by atoms with van der Waals surface area (Å²) >= 11 is 0. The fourth-order valence-electron chi connectivity index (χ4n) is 2.64. The summed E-state index contributed by atoms with van der Waals surface area (Å²) in [4.78, 5) is 11.6. The van der Waals surface area contributed by atoms with E-state index in [9.17, 15) is 9.90 Å². The molecule has 0 spiro atoms. The van der Waals surface area contributed by atoms with Crippen LogP contribution in [-0.4, -0.2) is 16.6 Å². The fraction of sp³-hybridized carbons (Fsp3) is 0.167. The molecule has 112 valence electrons. The van der Waals surface area contributed by atoms with Crippen LogP contribution in [-0.2, 0) is 4.79 Å². The van der Waals surface area contributed by atoms with E-state index in [-0.39, 0.29) is 5.54 Å². The smallest absolute Gasteiger partial charge is 0.336 e. The third kappa shape index (κ3) is 2.81. The van der Waals surface area contributed by atoms with Crippen LogP contribution in [0.15, 0.2) is 54.6 Å². The third-order valence-electron chi connectivity index (χ3n) is 3.56. The average molecular weight is 294 g/mol. The minimum atomic E-state index is -0.910. The number of carbonyl (C=O) groups is 1. The van der Waals surface area contributed by atoms with Crippen molar-refractivity contribution in [1.82, 2.24) is 0 Å². The lowest BCUT2D eigenvalue weighted by Gasteiger charge is -2.31. The van der Waals surface area contributed by atoms with Crippen LogP contribution in [0.4, 0.5) is 17.1 Å². The van der Waals surface area contributed by atoms with E-state index in [1.54, 1.807) is 6.08 Å². The molecule has 0 saturated heterocycles. The standard InChI is InChI=1S/C18H18N2O2/c1-18(2)11-15(17(21)22)14-10-13(8-9-16(14)20-18)19-12-6-4-3-5-7-12/h3-11,19-20H,1-2H3,(H,21,22). The summed E-state index contributed by atoms with van der Waals surface area (Å²) in [7, 11) is 0. The Morgan fingerprint density at radius 1 is 1.09 bits per heavy atom. The van der Waals surface area contributed by atoms with Gasteiger partial charge in [-0.1, -0.05) is 18.2 Å². The van der Waals surface area contributed by atoms with E-state index in [0.717, 1.165) is 17.1 Å². The van der Waals surface area contributed by atoms with Gasteiger partial charge in [0.1, 0.15) is 0 Å². The SMILES string of the molecule is CC1(C)C=C(C(=O)O)c2cc(Nc3ccccc3)ccc2N1. The predicted octanol–water partition coefficient (Wildman–Crippen LogP) is 4.10. The Morgan fingerprint density at radius 2 is 1.82 bits per heavy atom. The maximum absolute atomic E-state index is 11.6. The molecule has 22 heavy (non-hydrogen) atoms. The zero-order chi connectivity index (χ0) is 15.7. The number of hydrogen-bond donors (Lipinski definition) is 3. The van der Waals surface area contributed by atoms with Crippen molar-refractivity contribution in [2.75, 3.05) is 10.6 Å². The van der Waals surface area contributed by atoms with Crippen LogP contribution in [0.5, 0.6) is 0 Å². The Labute approximate surface area is 129 Å². The van der Waals surface area contributed by atoms with Gasteiger partial charge in [0.2, 0.25) is 0 Å². The highest BCUT2D eigenvalue weighted by Gasteiger charge is 2.27. The van der Waals surface area contributed by atoms with Crippen LogP contribution >= 0.6 is 0 Å². The van der Waals surface area contributed by atoms with Gasteiger partial charge in [-0.05, 0) is 50.3 Å². The molecule has 1 aliphatic rings. The number of rotatable bonds is 3. The zero-order valence-corrected chi connectivity index (χ0v) is 12.6. The Bertz CT molecular complexity index is 749. The quantitative estimate of drug-likeness (QED) is 0.797. The second kappa shape index (κ2) is 5.22. The van der Waals surface area contributed by atoms with E-state index < -0.39 is 5.97 Å². The first-order valence-electron chi connectivity index (χ1n) is 7.15. The highest BCUT2D eigenvalue weighted by molar-refractivity contribution is 6.18. The number of hydrogen-bond acceptors (Lipinski definition) is 3. The molecule has 0 radical (unpaired) electrons. The van der Waals surface area contributed by atoms with Crippen LogP contribution in [0.25, 0.3) is 5.57 Å². The van der Waals surface area contributed by atoms with Gasteiger partial charge in [0.15, 0.2) is 0 Å². The summed E-state index contributed by atoms with van der Waals surface area (Å²) in [6.07, 6.45) is 1.75. The van der Waals surface area contributed by atoms with Gasteiger partial charge < -0.3 is 15.7 Å². The van der Waals surface area contributed by atoms with Gasteiger partial charge in [0, 0.05) is 22.6 Å². The molecule has 0 amide bonds. The first kappa shape index (κ1) is 14.2. The molecular formula is C18H18N2O2. The molecule has 0 saturated carbocycles. The van der Waals surface area contributed by atoms with Crippen molar-refractivity contribution < 1.29 is 9.90 Å². The summed E-state index contributed by atoms with van der Waals surface area (Å²) in [5.74, 6) is -0.910. The summed E-state index contributed by atoms with van der Waals surface area (Å²) in [6.45, 7) is 3.91. The molecule has 0 aliphatic carbocycles. The molecule has 0 bridgehead atoms. The van der Waals surface area contributed by atoms with Gasteiger partial charge in [0.05, 0.1) is 11.1 Å². The number of carboxylic acids is 1. The third-order valence-corrected chi connectivity index (χ3v) is 3.56. The Hall–Kier alpha value is -2.75. The molecule has 0 aromatic heterocycles. The number of aliphatic carboxylic acids is 1. The van der Waals surface area contributed by atoms with Crippen molar-refractivity contribution in [3.8, 4) is 0 Å². The molecular weight excluding hydrogens is 276 g/mol. The lowest BCUT2D eigenvalue weighted by atomic mass is 9.90. The van der Waals surface area contributed by atoms with Crippen LogP contribution in [0.1, 0.15) is 19.4 Å². The molecule has 4 heteroatoms. The van der Waals surface area contributed by atoms with E-state index in [1.165, 1.54) is 0 Å². The molecule has 2 aromatic rings. The number of benzene rings is 2. The summed E-state index contributed by atoms with van der Waals surface area (Å²) < 4.78 is 0. The van der Waals surface area contributed by atoms with Crippen LogP contribution in [0.2, 0.25) is 0 Å². The molecule has 0 fully saturated rings. The van der Waals surface area contributed by atoms with Gasteiger partial charge in [0.25, 0.3) is 0 Å². The van der Waals surface area contributed by atoms with Gasteiger partial charge in [-0.3, -0.25) is 0 Å². The van der Waals surface area contributed by atoms with Gasteiger partial charge in [-0.2, -0.15) is 0 Å². The normalized spacial score (nSPS) is 15.3. The van der Waals surface area contributed by atoms with E-state index in [1.807, 2.05) is 62.4 Å². The molecule has 0 atom stereocenters. The van der Waals surface area contributed by atoms with Crippen molar-refractivity contribution in [1.29, 1.82) is 0 Å². The number of nitrogens with one attached hydrogen (secondary N) is 2. The van der Waals surface area contributed by atoms with E-state index in [4.69, 9.17) is 0 Å². The minimum Gasteiger partial charge on any atom is -0.478 e. The Morgan fingerprint density at radius 3 is 2.50 bits per heavy atom. The van der Waals surface area contributed by atoms with Crippen LogP contribution < -0.4 is 10.6 Å². The maximum Gasteiger partial charge on any atom is 0.336 e. The maximum atomic E-state index is 11.6. The lowest BCUT2D eigenvalue weighted by Crippen LogP contribution is -2.32. The van der Waals surface area contributed by atoms with Gasteiger partial charge in [-0.15, -0.1) is 0 Å². The predicted molar refractivity (Wildman–Crippen MR) is 89.5 cm³/mol. The van der Waals surface area contributed by atoms with E-state index in [2.05, 4.69) is 10.6 Å². The van der Waals surface area contributed by atoms with Crippen molar-refractivity contribution in [2.45, 2.75) is 19.4 Å². The molecule has 2 aromatic carbocycles. The van der Waals surface area contributed by atoms with Gasteiger partial charge >= 0.3 is 5.97 Å². The topological polar surface area (TPSA) is 61.4 Å². The second-order valence-electron chi connectivity index (χ2n) is 5.96. The summed E-state index contributed by atoms with van der Waals surface area (Å²) in [6, 6.07) is 15.5. The van der Waals surface area contributed by atoms with Crippen molar-refractivity contribution in [3.63, 3.8) is 0 Å². The molecule has 0 unspecified atom stereocenters. The second-order valence-corrected chi connectivity index (χ2v) is 5.96. The molecule has 3 N–H and O–H groups in total. The van der Waals surface area contributed by atoms with Crippen molar-refractivity contribution in [3.05, 3.63) is 60.2 Å². The fourth-order valence-corrected chi connectivity index (χ4v) is 2.64. The Balaban J connectivity index is 1.99. The Kier molecular flexibility index (Phi) is 3.37. The lowest BCUT2D eigenvalue weighted by molar-refractivity contribution is -0.130. The van der Waals surface area contributed by atoms with Gasteiger partial charge in [-0.25, -0.2) is 4.79 Å². The zero-order valence-electron chi connectivity index (χ0n) is 12.6. The van der Waals surface area contributed by atoms with E-state index in [0.29, 0.717) is 11.1 Å². The molecule has 1 heterocycles. The molecule has 3 rings (SSSR count). The number of anilines is 3. The van der Waals surface area contributed by atoms with Crippen molar-refractivity contribution in [2.24, 2.45) is 0 Å².